The van der Waals surface area contributed by atoms with Crippen molar-refractivity contribution in [1.82, 2.24) is 15.2 Å². The molecule has 0 atom stereocenters. The fourth-order valence-corrected chi connectivity index (χ4v) is 2.21. The number of aromatic nitrogens is 1. The van der Waals surface area contributed by atoms with Crippen LogP contribution in [0.3, 0.4) is 0 Å². The van der Waals surface area contributed by atoms with Crippen LogP contribution in [0, 0.1) is 0 Å². The van der Waals surface area contributed by atoms with E-state index >= 15 is 0 Å². The molecule has 2 N–H and O–H groups in total. The lowest BCUT2D eigenvalue weighted by molar-refractivity contribution is 0.0959. The highest BCUT2D eigenvalue weighted by molar-refractivity contribution is 5.89. The van der Waals surface area contributed by atoms with Gasteiger partial charge in [0.05, 0.1) is 6.61 Å². The summed E-state index contributed by atoms with van der Waals surface area (Å²) in [4.78, 5) is 29.0. The van der Waals surface area contributed by atoms with Crippen LogP contribution in [-0.2, 0) is 4.74 Å². The molecule has 0 aliphatic carbocycles. The van der Waals surface area contributed by atoms with Crippen LogP contribution in [0.1, 0.15) is 19.8 Å². The Balaban J connectivity index is 1.73. The maximum absolute atomic E-state index is 11.9. The Morgan fingerprint density at radius 1 is 1.33 bits per heavy atom. The van der Waals surface area contributed by atoms with Gasteiger partial charge in [-0.2, -0.15) is 0 Å². The number of hydrogen-bond acceptors (Lipinski definition) is 4. The van der Waals surface area contributed by atoms with Crippen molar-refractivity contribution >= 4 is 17.8 Å². The minimum Gasteiger partial charge on any atom is -0.450 e. The van der Waals surface area contributed by atoms with Crippen LogP contribution in [0.2, 0.25) is 0 Å². The van der Waals surface area contributed by atoms with Gasteiger partial charge in [-0.25, -0.2) is 9.59 Å². The minimum absolute atomic E-state index is 0.0671. The maximum Gasteiger partial charge on any atom is 0.409 e. The molecule has 114 valence electrons. The lowest BCUT2D eigenvalue weighted by Gasteiger charge is -2.31. The van der Waals surface area contributed by atoms with E-state index in [0.29, 0.717) is 25.4 Å². The Morgan fingerprint density at radius 3 is 2.62 bits per heavy atom. The lowest BCUT2D eigenvalue weighted by atomic mass is 10.1. The van der Waals surface area contributed by atoms with Crippen LogP contribution in [0.15, 0.2) is 24.5 Å². The SMILES string of the molecule is CCOC(=O)N1CCC(NC(=O)Nc2ccncc2)CC1. The zero-order chi connectivity index (χ0) is 15.1. The van der Waals surface area contributed by atoms with Crippen LogP contribution in [0.5, 0.6) is 0 Å². The number of nitrogens with zero attached hydrogens (tertiary/aromatic N) is 2. The van der Waals surface area contributed by atoms with Gasteiger partial charge in [0.15, 0.2) is 0 Å². The van der Waals surface area contributed by atoms with Crippen molar-refractivity contribution in [2.75, 3.05) is 25.0 Å². The highest BCUT2D eigenvalue weighted by Gasteiger charge is 2.24. The summed E-state index contributed by atoms with van der Waals surface area (Å²) in [6.07, 6.45) is 4.41. The number of urea groups is 1. The quantitative estimate of drug-likeness (QED) is 0.890. The van der Waals surface area contributed by atoms with E-state index in [1.807, 2.05) is 0 Å². The molecule has 1 aliphatic rings. The van der Waals surface area contributed by atoms with Crippen molar-refractivity contribution in [3.05, 3.63) is 24.5 Å². The smallest absolute Gasteiger partial charge is 0.409 e. The molecule has 0 aromatic carbocycles. The molecule has 7 heteroatoms. The van der Waals surface area contributed by atoms with Gasteiger partial charge in [0, 0.05) is 37.2 Å². The van der Waals surface area contributed by atoms with Gasteiger partial charge >= 0.3 is 12.1 Å². The number of nitrogens with one attached hydrogen (secondary N) is 2. The van der Waals surface area contributed by atoms with Crippen LogP contribution in [0.4, 0.5) is 15.3 Å². The maximum atomic E-state index is 11.9. The van der Waals surface area contributed by atoms with Gasteiger partial charge < -0.3 is 20.3 Å². The van der Waals surface area contributed by atoms with E-state index in [0.717, 1.165) is 12.8 Å². The zero-order valence-corrected chi connectivity index (χ0v) is 12.0. The molecule has 1 aromatic heterocycles. The monoisotopic (exact) mass is 292 g/mol. The van der Waals surface area contributed by atoms with Gasteiger partial charge in [-0.05, 0) is 31.9 Å². The summed E-state index contributed by atoms with van der Waals surface area (Å²) in [5.74, 6) is 0. The fraction of sp³-hybridized carbons (Fsp3) is 0.500. The Hall–Kier alpha value is -2.31. The van der Waals surface area contributed by atoms with E-state index in [-0.39, 0.29) is 18.2 Å². The number of pyridine rings is 1. The van der Waals surface area contributed by atoms with Crippen LogP contribution in [-0.4, -0.2) is 47.7 Å². The highest BCUT2D eigenvalue weighted by atomic mass is 16.6. The Morgan fingerprint density at radius 2 is 2.00 bits per heavy atom. The van der Waals surface area contributed by atoms with Crippen LogP contribution >= 0.6 is 0 Å². The Labute approximate surface area is 123 Å². The lowest BCUT2D eigenvalue weighted by Crippen LogP contribution is -2.47. The minimum atomic E-state index is -0.280. The van der Waals surface area contributed by atoms with E-state index in [1.165, 1.54) is 0 Å². The molecule has 0 spiro atoms. The van der Waals surface area contributed by atoms with Crippen molar-refractivity contribution in [1.29, 1.82) is 0 Å². The molecule has 1 saturated heterocycles. The van der Waals surface area contributed by atoms with E-state index in [9.17, 15) is 9.59 Å². The molecule has 0 bridgehead atoms. The van der Waals surface area contributed by atoms with Gasteiger partial charge in [-0.1, -0.05) is 0 Å². The zero-order valence-electron chi connectivity index (χ0n) is 12.0. The average molecular weight is 292 g/mol. The van der Waals surface area contributed by atoms with Crippen molar-refractivity contribution < 1.29 is 14.3 Å². The Bertz CT molecular complexity index is 472. The number of anilines is 1. The summed E-state index contributed by atoms with van der Waals surface area (Å²) < 4.78 is 4.96. The fourth-order valence-electron chi connectivity index (χ4n) is 2.21. The number of hydrogen-bond donors (Lipinski definition) is 2. The number of amides is 3. The third kappa shape index (κ3) is 4.62. The number of carbonyl (C=O) groups is 2. The standard InChI is InChI=1S/C14H20N4O3/c1-2-21-14(20)18-9-5-12(6-10-18)17-13(19)16-11-3-7-15-8-4-11/h3-4,7-8,12H,2,5-6,9-10H2,1H3,(H2,15,16,17,19). The first kappa shape index (κ1) is 15.1. The third-order valence-electron chi connectivity index (χ3n) is 3.29. The summed E-state index contributed by atoms with van der Waals surface area (Å²) in [5.41, 5.74) is 0.700. The molecule has 0 unspecified atom stereocenters. The average Bonchev–Trinajstić information content (AvgIpc) is 2.49. The number of rotatable bonds is 3. The first-order valence-electron chi connectivity index (χ1n) is 7.08. The largest absolute Gasteiger partial charge is 0.450 e. The summed E-state index contributed by atoms with van der Waals surface area (Å²) in [5, 5.41) is 5.66. The topological polar surface area (TPSA) is 83.6 Å². The predicted octanol–water partition coefficient (Wildman–Crippen LogP) is 1.82. The Kier molecular flexibility index (Phi) is 5.36. The number of carbonyl (C=O) groups excluding carboxylic acids is 2. The second kappa shape index (κ2) is 7.47. The second-order valence-corrected chi connectivity index (χ2v) is 4.79. The molecule has 1 fully saturated rings. The van der Waals surface area contributed by atoms with Crippen molar-refractivity contribution in [2.24, 2.45) is 0 Å². The highest BCUT2D eigenvalue weighted by Crippen LogP contribution is 2.12. The van der Waals surface area contributed by atoms with E-state index in [2.05, 4.69) is 15.6 Å². The molecule has 2 heterocycles. The predicted molar refractivity (Wildman–Crippen MR) is 78.0 cm³/mol. The van der Waals surface area contributed by atoms with E-state index < -0.39 is 0 Å². The van der Waals surface area contributed by atoms with Gasteiger partial charge in [0.1, 0.15) is 0 Å². The molecule has 0 radical (unpaired) electrons. The van der Waals surface area contributed by atoms with Crippen molar-refractivity contribution in [3.8, 4) is 0 Å². The molecule has 7 nitrogen and oxygen atoms in total. The van der Waals surface area contributed by atoms with E-state index in [4.69, 9.17) is 4.74 Å². The number of ether oxygens (including phenoxy) is 1. The van der Waals surface area contributed by atoms with Gasteiger partial charge in [0.25, 0.3) is 0 Å². The molecule has 3 amide bonds. The van der Waals surface area contributed by atoms with Crippen LogP contribution < -0.4 is 10.6 Å². The summed E-state index contributed by atoms with van der Waals surface area (Å²) in [6, 6.07) is 3.28. The molecule has 21 heavy (non-hydrogen) atoms. The third-order valence-corrected chi connectivity index (χ3v) is 3.29. The normalized spacial score (nSPS) is 15.4. The second-order valence-electron chi connectivity index (χ2n) is 4.79. The first-order chi connectivity index (χ1) is 10.2. The summed E-state index contributed by atoms with van der Waals surface area (Å²) in [7, 11) is 0. The van der Waals surface area contributed by atoms with Crippen molar-refractivity contribution in [3.63, 3.8) is 0 Å². The molecule has 2 rings (SSSR count). The number of likely N-dealkylation sites (tertiary alicyclic amines) is 1. The summed E-state index contributed by atoms with van der Waals surface area (Å²) in [6.45, 7) is 3.36. The molecule has 0 saturated carbocycles. The molecule has 1 aromatic rings. The number of piperidine rings is 1. The van der Waals surface area contributed by atoms with Crippen molar-refractivity contribution in [2.45, 2.75) is 25.8 Å². The molecular formula is C14H20N4O3. The van der Waals surface area contributed by atoms with Gasteiger partial charge in [-0.3, -0.25) is 4.98 Å². The summed E-state index contributed by atoms with van der Waals surface area (Å²) >= 11 is 0. The molecule has 1 aliphatic heterocycles. The van der Waals surface area contributed by atoms with Crippen LogP contribution in [0.25, 0.3) is 0 Å². The first-order valence-corrected chi connectivity index (χ1v) is 7.08. The van der Waals surface area contributed by atoms with Gasteiger partial charge in [-0.15, -0.1) is 0 Å². The van der Waals surface area contributed by atoms with E-state index in [1.54, 1.807) is 36.4 Å². The molecular weight excluding hydrogens is 272 g/mol. The van der Waals surface area contributed by atoms with Gasteiger partial charge in [0.2, 0.25) is 0 Å².